The largest absolute Gasteiger partial charge is 0.417 e. The van der Waals surface area contributed by atoms with Crippen LogP contribution in [0.4, 0.5) is 24.9 Å². The number of alkyl halides is 3. The molecule has 40 heavy (non-hydrogen) atoms. The molecule has 12 heteroatoms. The average Bonchev–Trinajstić information content (AvgIpc) is 3.37. The number of para-hydroxylation sites is 1. The third-order valence-electron chi connectivity index (χ3n) is 6.41. The Morgan fingerprint density at radius 3 is 2.60 bits per heavy atom. The lowest BCUT2D eigenvalue weighted by Crippen LogP contribution is -2.32. The van der Waals surface area contributed by atoms with Crippen molar-refractivity contribution in [3.05, 3.63) is 89.1 Å². The van der Waals surface area contributed by atoms with Crippen molar-refractivity contribution in [3.8, 4) is 11.6 Å². The number of hydrogen-bond donors (Lipinski definition) is 2. The van der Waals surface area contributed by atoms with E-state index < -0.39 is 23.8 Å². The van der Waals surface area contributed by atoms with Gasteiger partial charge in [-0.2, -0.15) is 13.2 Å². The highest BCUT2D eigenvalue weighted by Crippen LogP contribution is 2.36. The Bertz CT molecular complexity index is 1540. The van der Waals surface area contributed by atoms with Crippen LogP contribution < -0.4 is 10.6 Å². The number of ether oxygens (including phenoxy) is 1. The molecule has 2 aromatic heterocycles. The lowest BCUT2D eigenvalue weighted by Gasteiger charge is -2.16. The van der Waals surface area contributed by atoms with Gasteiger partial charge >= 0.3 is 12.2 Å². The minimum atomic E-state index is -4.57. The molecule has 0 fully saturated rings. The van der Waals surface area contributed by atoms with Gasteiger partial charge in [0.2, 0.25) is 6.17 Å². The Hall–Kier alpha value is -4.58. The molecule has 1 aliphatic heterocycles. The molecular weight excluding hydrogens is 525 g/mol. The molecule has 0 saturated carbocycles. The number of amides is 1. The highest BCUT2D eigenvalue weighted by Gasteiger charge is 2.33. The number of benzodiazepines with no additional fused rings is 1. The first kappa shape index (κ1) is 27.0. The van der Waals surface area contributed by atoms with Crippen molar-refractivity contribution in [3.63, 3.8) is 0 Å². The van der Waals surface area contributed by atoms with Gasteiger partial charge in [-0.1, -0.05) is 60.6 Å². The summed E-state index contributed by atoms with van der Waals surface area (Å²) in [5.41, 5.74) is 2.22. The zero-order chi connectivity index (χ0) is 28.3. The fourth-order valence-electron chi connectivity index (χ4n) is 4.32. The quantitative estimate of drug-likeness (QED) is 0.297. The SMILES string of the molecule is COCC[C@H](C)c1cc(C(F)(F)F)cnc1-c1nnc(N[C@H]2N=C(c3ccccc3)c3ccccc3NC2=O)o1. The molecule has 2 atom stereocenters. The maximum Gasteiger partial charge on any atom is 0.417 e. The van der Waals surface area contributed by atoms with Crippen LogP contribution in [-0.4, -0.2) is 46.7 Å². The maximum atomic E-state index is 13.4. The van der Waals surface area contributed by atoms with E-state index in [0.717, 1.165) is 23.4 Å². The summed E-state index contributed by atoms with van der Waals surface area (Å²) in [6.07, 6.45) is -4.53. The summed E-state index contributed by atoms with van der Waals surface area (Å²) in [7, 11) is 1.52. The van der Waals surface area contributed by atoms with E-state index >= 15 is 0 Å². The number of benzene rings is 2. The second-order valence-corrected chi connectivity index (χ2v) is 9.18. The number of carbonyl (C=O) groups is 1. The minimum Gasteiger partial charge on any atom is -0.402 e. The van der Waals surface area contributed by atoms with Crippen molar-refractivity contribution >= 4 is 23.3 Å². The number of nitrogens with zero attached hydrogens (tertiary/aromatic N) is 4. The van der Waals surface area contributed by atoms with Crippen LogP contribution >= 0.6 is 0 Å². The van der Waals surface area contributed by atoms with E-state index in [1.807, 2.05) is 48.5 Å². The molecule has 1 amide bonds. The second kappa shape index (κ2) is 11.3. The number of halogens is 3. The first-order valence-electron chi connectivity index (χ1n) is 12.4. The van der Waals surface area contributed by atoms with Crippen molar-refractivity contribution in [1.82, 2.24) is 15.2 Å². The highest BCUT2D eigenvalue weighted by molar-refractivity contribution is 6.19. The van der Waals surface area contributed by atoms with E-state index in [4.69, 9.17) is 9.15 Å². The summed E-state index contributed by atoms with van der Waals surface area (Å²) in [4.78, 5) is 21.8. The second-order valence-electron chi connectivity index (χ2n) is 9.18. The predicted octanol–water partition coefficient (Wildman–Crippen LogP) is 5.52. The molecule has 9 nitrogen and oxygen atoms in total. The van der Waals surface area contributed by atoms with Gasteiger partial charge in [0.1, 0.15) is 5.69 Å². The third kappa shape index (κ3) is 5.71. The molecular formula is C28H25F3N6O3. The van der Waals surface area contributed by atoms with E-state index in [1.165, 1.54) is 7.11 Å². The monoisotopic (exact) mass is 550 g/mol. The zero-order valence-corrected chi connectivity index (χ0v) is 21.6. The van der Waals surface area contributed by atoms with Crippen molar-refractivity contribution in [2.75, 3.05) is 24.4 Å². The number of aromatic nitrogens is 3. The molecule has 3 heterocycles. The number of hydrogen-bond acceptors (Lipinski definition) is 8. The van der Waals surface area contributed by atoms with E-state index in [-0.39, 0.29) is 29.1 Å². The third-order valence-corrected chi connectivity index (χ3v) is 6.41. The molecule has 0 spiro atoms. The van der Waals surface area contributed by atoms with Gasteiger partial charge in [-0.3, -0.25) is 9.78 Å². The van der Waals surface area contributed by atoms with E-state index in [2.05, 4.69) is 30.8 Å². The number of nitrogens with one attached hydrogen (secondary N) is 2. The van der Waals surface area contributed by atoms with Crippen LogP contribution in [0, 0.1) is 0 Å². The first-order valence-corrected chi connectivity index (χ1v) is 12.4. The van der Waals surface area contributed by atoms with Crippen LogP contribution in [0.15, 0.2) is 76.3 Å². The van der Waals surface area contributed by atoms with Gasteiger partial charge in [0.15, 0.2) is 0 Å². The average molecular weight is 551 g/mol. The number of methoxy groups -OCH3 is 1. The molecule has 0 radical (unpaired) electrons. The number of fused-ring (bicyclic) bond motifs is 1. The topological polar surface area (TPSA) is 115 Å². The van der Waals surface area contributed by atoms with Crippen molar-refractivity contribution in [1.29, 1.82) is 0 Å². The van der Waals surface area contributed by atoms with Gasteiger partial charge in [0, 0.05) is 31.0 Å². The molecule has 5 rings (SSSR count). The normalized spacial score (nSPS) is 16.0. The summed E-state index contributed by atoms with van der Waals surface area (Å²) in [5.74, 6) is -0.906. The smallest absolute Gasteiger partial charge is 0.402 e. The molecule has 0 unspecified atom stereocenters. The molecule has 206 valence electrons. The van der Waals surface area contributed by atoms with Crippen molar-refractivity contribution in [2.45, 2.75) is 31.6 Å². The number of aliphatic imine (C=N–C) groups is 1. The molecule has 1 aliphatic rings. The van der Waals surface area contributed by atoms with Crippen LogP contribution in [0.1, 0.15) is 41.5 Å². The summed E-state index contributed by atoms with van der Waals surface area (Å²) >= 11 is 0. The zero-order valence-electron chi connectivity index (χ0n) is 21.6. The van der Waals surface area contributed by atoms with E-state index in [1.54, 1.807) is 13.0 Å². The number of anilines is 2. The van der Waals surface area contributed by atoms with E-state index in [0.29, 0.717) is 24.4 Å². The Kier molecular flexibility index (Phi) is 7.60. The summed E-state index contributed by atoms with van der Waals surface area (Å²) < 4.78 is 51.1. The predicted molar refractivity (Wildman–Crippen MR) is 142 cm³/mol. The van der Waals surface area contributed by atoms with Gasteiger partial charge in [-0.25, -0.2) is 4.99 Å². The number of pyridine rings is 1. The van der Waals surface area contributed by atoms with Gasteiger partial charge in [0.25, 0.3) is 11.8 Å². The molecule has 0 aliphatic carbocycles. The molecule has 2 aromatic carbocycles. The molecule has 2 N–H and O–H groups in total. The number of carbonyl (C=O) groups excluding carboxylic acids is 1. The standard InChI is InChI=1S/C28H25F3N6O3/c1-16(12-13-39-2)20-14-18(28(29,30)31)15-32-23(20)26-36-37-27(40-26)35-24-25(38)33-21-11-7-6-10-19(21)22(34-24)17-8-4-3-5-9-17/h3-11,14-16,24H,12-13H2,1-2H3,(H,33,38)(H,35,37)/t16-,24+/m0/s1. The molecule has 4 aromatic rings. The van der Waals surface area contributed by atoms with Crippen molar-refractivity contribution in [2.24, 2.45) is 4.99 Å². The first-order chi connectivity index (χ1) is 19.2. The highest BCUT2D eigenvalue weighted by atomic mass is 19.4. The van der Waals surface area contributed by atoms with Gasteiger partial charge in [-0.15, -0.1) is 5.10 Å². The summed E-state index contributed by atoms with van der Waals surface area (Å²) in [5, 5.41) is 13.7. The Morgan fingerprint density at radius 2 is 1.85 bits per heavy atom. The Labute approximate surface area is 227 Å². The van der Waals surface area contributed by atoms with Crippen LogP contribution in [0.2, 0.25) is 0 Å². The molecule has 0 saturated heterocycles. The van der Waals surface area contributed by atoms with Crippen molar-refractivity contribution < 1.29 is 27.1 Å². The minimum absolute atomic E-state index is 0.0972. The fraction of sp³-hybridized carbons (Fsp3) is 0.250. The van der Waals surface area contributed by atoms with Crippen LogP contribution in [0.3, 0.4) is 0 Å². The van der Waals surface area contributed by atoms with Gasteiger partial charge in [-0.05, 0) is 30.0 Å². The van der Waals surface area contributed by atoms with Gasteiger partial charge in [0.05, 0.1) is 17.0 Å². The summed E-state index contributed by atoms with van der Waals surface area (Å²) in [6.45, 7) is 2.11. The van der Waals surface area contributed by atoms with E-state index in [9.17, 15) is 18.0 Å². The number of rotatable bonds is 8. The molecule has 0 bridgehead atoms. The summed E-state index contributed by atoms with van der Waals surface area (Å²) in [6, 6.07) is 17.6. The van der Waals surface area contributed by atoms with Crippen LogP contribution in [-0.2, 0) is 15.7 Å². The Balaban J connectivity index is 1.48. The van der Waals surface area contributed by atoms with Crippen LogP contribution in [0.25, 0.3) is 11.6 Å². The lowest BCUT2D eigenvalue weighted by molar-refractivity contribution is -0.137. The van der Waals surface area contributed by atoms with Crippen LogP contribution in [0.5, 0.6) is 0 Å². The lowest BCUT2D eigenvalue weighted by atomic mass is 9.95. The maximum absolute atomic E-state index is 13.4. The Morgan fingerprint density at radius 1 is 1.10 bits per heavy atom. The fourth-order valence-corrected chi connectivity index (χ4v) is 4.32. The van der Waals surface area contributed by atoms with Gasteiger partial charge < -0.3 is 19.8 Å².